The Balaban J connectivity index is 1.72. The van der Waals surface area contributed by atoms with Crippen molar-refractivity contribution in [1.82, 2.24) is 15.6 Å². The van der Waals surface area contributed by atoms with Gasteiger partial charge in [-0.25, -0.2) is 4.98 Å². The number of nitrogens with zero attached hydrogens (tertiary/aromatic N) is 1. The van der Waals surface area contributed by atoms with Gasteiger partial charge in [0.2, 0.25) is 5.89 Å². The molecule has 1 amide bonds. The molecule has 5 nitrogen and oxygen atoms in total. The predicted octanol–water partition coefficient (Wildman–Crippen LogP) is 2.48. The predicted molar refractivity (Wildman–Crippen MR) is 84.4 cm³/mol. The van der Waals surface area contributed by atoms with Crippen molar-refractivity contribution in [3.8, 4) is 0 Å². The van der Waals surface area contributed by atoms with Crippen molar-refractivity contribution in [2.45, 2.75) is 13.1 Å². The van der Waals surface area contributed by atoms with Crippen molar-refractivity contribution < 1.29 is 9.21 Å². The summed E-state index contributed by atoms with van der Waals surface area (Å²) in [6, 6.07) is 14.2. The molecule has 0 radical (unpaired) electrons. The number of carbonyl (C=O) groups excluding carboxylic acids is 1. The summed E-state index contributed by atoms with van der Waals surface area (Å²) in [4.78, 5) is 16.3. The number of benzene rings is 2. The third-order valence-electron chi connectivity index (χ3n) is 3.43. The first kappa shape index (κ1) is 14.3. The topological polar surface area (TPSA) is 67.2 Å². The largest absolute Gasteiger partial charge is 0.447 e. The number of aromatic nitrogens is 1. The lowest BCUT2D eigenvalue weighted by atomic mass is 10.0. The highest BCUT2D eigenvalue weighted by Crippen LogP contribution is 2.18. The molecule has 2 N–H and O–H groups in total. The van der Waals surface area contributed by atoms with Crippen LogP contribution in [-0.2, 0) is 13.1 Å². The molecule has 0 fully saturated rings. The highest BCUT2D eigenvalue weighted by Gasteiger charge is 2.12. The number of oxazole rings is 1. The monoisotopic (exact) mass is 295 g/mol. The first-order chi connectivity index (χ1) is 10.8. The molecule has 0 aliphatic heterocycles. The zero-order chi connectivity index (χ0) is 15.4. The number of hydrogen-bond acceptors (Lipinski definition) is 4. The second kappa shape index (κ2) is 6.41. The van der Waals surface area contributed by atoms with Gasteiger partial charge in [0.15, 0.2) is 5.69 Å². The van der Waals surface area contributed by atoms with Crippen molar-refractivity contribution in [2.75, 3.05) is 7.05 Å². The van der Waals surface area contributed by atoms with Gasteiger partial charge in [0.05, 0.1) is 6.54 Å². The number of rotatable bonds is 5. The fourth-order valence-corrected chi connectivity index (χ4v) is 2.36. The lowest BCUT2D eigenvalue weighted by Gasteiger charge is -2.07. The molecule has 22 heavy (non-hydrogen) atoms. The van der Waals surface area contributed by atoms with Gasteiger partial charge in [0.25, 0.3) is 5.91 Å². The molecule has 3 aromatic rings. The fraction of sp³-hybridized carbons (Fsp3) is 0.176. The van der Waals surface area contributed by atoms with Gasteiger partial charge in [-0.2, -0.15) is 0 Å². The Bertz CT molecular complexity index is 790. The molecule has 0 unspecified atom stereocenters. The molecular formula is C17H17N3O2. The van der Waals surface area contributed by atoms with E-state index in [1.54, 1.807) is 7.05 Å². The molecule has 0 spiro atoms. The Morgan fingerprint density at radius 2 is 1.95 bits per heavy atom. The van der Waals surface area contributed by atoms with Gasteiger partial charge in [-0.15, -0.1) is 0 Å². The quantitative estimate of drug-likeness (QED) is 0.759. The molecule has 0 aliphatic carbocycles. The average molecular weight is 295 g/mol. The zero-order valence-corrected chi connectivity index (χ0v) is 12.3. The Hall–Kier alpha value is -2.66. The minimum absolute atomic E-state index is 0.237. The van der Waals surface area contributed by atoms with E-state index in [0.29, 0.717) is 24.7 Å². The van der Waals surface area contributed by atoms with Crippen LogP contribution in [0.2, 0.25) is 0 Å². The summed E-state index contributed by atoms with van der Waals surface area (Å²) in [5, 5.41) is 8.11. The third kappa shape index (κ3) is 2.99. The molecule has 3 rings (SSSR count). The second-order valence-electron chi connectivity index (χ2n) is 4.98. The van der Waals surface area contributed by atoms with Gasteiger partial charge in [-0.05, 0) is 23.4 Å². The normalized spacial score (nSPS) is 10.8. The van der Waals surface area contributed by atoms with Crippen LogP contribution >= 0.6 is 0 Å². The van der Waals surface area contributed by atoms with Crippen LogP contribution in [0.3, 0.4) is 0 Å². The number of nitrogens with one attached hydrogen (secondary N) is 2. The van der Waals surface area contributed by atoms with Gasteiger partial charge in [0.1, 0.15) is 6.26 Å². The molecule has 112 valence electrons. The van der Waals surface area contributed by atoms with Crippen LogP contribution in [0.5, 0.6) is 0 Å². The van der Waals surface area contributed by atoms with Crippen LogP contribution in [0, 0.1) is 0 Å². The summed E-state index contributed by atoms with van der Waals surface area (Å²) < 4.78 is 5.21. The number of hydrogen-bond donors (Lipinski definition) is 2. The highest BCUT2D eigenvalue weighted by atomic mass is 16.3. The Morgan fingerprint density at radius 1 is 1.14 bits per heavy atom. The molecule has 0 bridgehead atoms. The van der Waals surface area contributed by atoms with Crippen molar-refractivity contribution in [3.05, 3.63) is 65.9 Å². The SMILES string of the molecule is CNCc1nc(C(=O)NCc2cccc3ccccc23)co1. The van der Waals surface area contributed by atoms with Crippen molar-refractivity contribution in [2.24, 2.45) is 0 Å². The molecule has 0 aliphatic rings. The first-order valence-electron chi connectivity index (χ1n) is 7.12. The zero-order valence-electron chi connectivity index (χ0n) is 12.3. The average Bonchev–Trinajstić information content (AvgIpc) is 3.02. The molecule has 1 aromatic heterocycles. The van der Waals surface area contributed by atoms with E-state index in [9.17, 15) is 4.79 Å². The second-order valence-corrected chi connectivity index (χ2v) is 4.98. The maximum absolute atomic E-state index is 12.1. The van der Waals surface area contributed by atoms with Gasteiger partial charge < -0.3 is 15.1 Å². The van der Waals surface area contributed by atoms with Gasteiger partial charge in [-0.3, -0.25) is 4.79 Å². The van der Waals surface area contributed by atoms with E-state index in [-0.39, 0.29) is 5.91 Å². The highest BCUT2D eigenvalue weighted by molar-refractivity contribution is 5.92. The number of carbonyl (C=O) groups is 1. The molecule has 2 aromatic carbocycles. The van der Waals surface area contributed by atoms with Crippen molar-refractivity contribution >= 4 is 16.7 Å². The van der Waals surface area contributed by atoms with Crippen molar-refractivity contribution in [3.63, 3.8) is 0 Å². The van der Waals surface area contributed by atoms with Gasteiger partial charge in [0, 0.05) is 6.54 Å². The smallest absolute Gasteiger partial charge is 0.273 e. The van der Waals surface area contributed by atoms with Crippen LogP contribution in [0.4, 0.5) is 0 Å². The molecule has 1 heterocycles. The van der Waals surface area contributed by atoms with E-state index < -0.39 is 0 Å². The number of amides is 1. The summed E-state index contributed by atoms with van der Waals surface area (Å²) in [6.45, 7) is 0.949. The lowest BCUT2D eigenvalue weighted by Crippen LogP contribution is -2.23. The third-order valence-corrected chi connectivity index (χ3v) is 3.43. The van der Waals surface area contributed by atoms with Crippen LogP contribution in [0.15, 0.2) is 53.1 Å². The maximum Gasteiger partial charge on any atom is 0.273 e. The maximum atomic E-state index is 12.1. The Morgan fingerprint density at radius 3 is 2.82 bits per heavy atom. The minimum Gasteiger partial charge on any atom is -0.447 e. The van der Waals surface area contributed by atoms with Crippen LogP contribution in [0.25, 0.3) is 10.8 Å². The Labute approximate surface area is 128 Å². The molecule has 0 saturated carbocycles. The van der Waals surface area contributed by atoms with E-state index in [1.165, 1.54) is 6.26 Å². The summed E-state index contributed by atoms with van der Waals surface area (Å²) in [5.41, 5.74) is 1.37. The van der Waals surface area contributed by atoms with E-state index in [0.717, 1.165) is 16.3 Å². The van der Waals surface area contributed by atoms with E-state index in [1.807, 2.05) is 24.3 Å². The van der Waals surface area contributed by atoms with Crippen LogP contribution in [-0.4, -0.2) is 17.9 Å². The van der Waals surface area contributed by atoms with Crippen LogP contribution in [0.1, 0.15) is 21.9 Å². The molecule has 0 atom stereocenters. The van der Waals surface area contributed by atoms with Gasteiger partial charge in [-0.1, -0.05) is 42.5 Å². The standard InChI is InChI=1S/C17H17N3O2/c1-18-10-16-20-15(11-22-16)17(21)19-9-13-7-4-6-12-5-2-3-8-14(12)13/h2-8,11,18H,9-10H2,1H3,(H,19,21). The van der Waals surface area contributed by atoms with Crippen LogP contribution < -0.4 is 10.6 Å². The van der Waals surface area contributed by atoms with E-state index in [2.05, 4.69) is 33.8 Å². The Kier molecular flexibility index (Phi) is 4.16. The van der Waals surface area contributed by atoms with E-state index >= 15 is 0 Å². The van der Waals surface area contributed by atoms with Crippen molar-refractivity contribution in [1.29, 1.82) is 0 Å². The summed E-state index contributed by atoms with van der Waals surface area (Å²) in [7, 11) is 1.80. The van der Waals surface area contributed by atoms with Gasteiger partial charge >= 0.3 is 0 Å². The molecule has 0 saturated heterocycles. The minimum atomic E-state index is -0.237. The van der Waals surface area contributed by atoms with E-state index in [4.69, 9.17) is 4.42 Å². The first-order valence-corrected chi connectivity index (χ1v) is 7.12. The summed E-state index contributed by atoms with van der Waals surface area (Å²) >= 11 is 0. The lowest BCUT2D eigenvalue weighted by molar-refractivity contribution is 0.0946. The molecule has 5 heteroatoms. The fourth-order valence-electron chi connectivity index (χ4n) is 2.36. The number of fused-ring (bicyclic) bond motifs is 1. The summed E-state index contributed by atoms with van der Waals surface area (Å²) in [5.74, 6) is 0.261. The molecular weight excluding hydrogens is 278 g/mol. The summed E-state index contributed by atoms with van der Waals surface area (Å²) in [6.07, 6.45) is 1.38.